The van der Waals surface area contributed by atoms with Gasteiger partial charge >= 0.3 is 0 Å². The summed E-state index contributed by atoms with van der Waals surface area (Å²) in [5, 5.41) is 0. The van der Waals surface area contributed by atoms with Crippen molar-refractivity contribution < 1.29 is 4.74 Å². The zero-order chi connectivity index (χ0) is 13.5. The highest BCUT2D eigenvalue weighted by molar-refractivity contribution is 5.41. The minimum Gasteiger partial charge on any atom is -0.496 e. The highest BCUT2D eigenvalue weighted by Gasteiger charge is 2.06. The summed E-state index contributed by atoms with van der Waals surface area (Å²) in [6.45, 7) is 6.45. The Bertz CT molecular complexity index is 374. The molecule has 0 spiro atoms. The lowest BCUT2D eigenvalue weighted by molar-refractivity contribution is 0.411. The molecule has 102 valence electrons. The number of methoxy groups -OCH3 is 1. The molecule has 0 aliphatic carbocycles. The first-order valence-corrected chi connectivity index (χ1v) is 6.98. The molecule has 0 aliphatic heterocycles. The van der Waals surface area contributed by atoms with E-state index >= 15 is 0 Å². The molecule has 2 nitrogen and oxygen atoms in total. The SMILES string of the molecule is CCCC(N)CCCc1cc(C)c(OC)cc1C. The van der Waals surface area contributed by atoms with Crippen LogP contribution in [0.3, 0.4) is 0 Å². The van der Waals surface area contributed by atoms with E-state index in [0.717, 1.165) is 25.0 Å². The molecule has 0 bridgehead atoms. The van der Waals surface area contributed by atoms with Gasteiger partial charge in [-0.1, -0.05) is 19.4 Å². The Kier molecular flexibility index (Phi) is 6.20. The first-order valence-electron chi connectivity index (χ1n) is 6.98. The highest BCUT2D eigenvalue weighted by atomic mass is 16.5. The minimum atomic E-state index is 0.370. The van der Waals surface area contributed by atoms with E-state index in [9.17, 15) is 0 Å². The van der Waals surface area contributed by atoms with Crippen molar-refractivity contribution in [1.29, 1.82) is 0 Å². The summed E-state index contributed by atoms with van der Waals surface area (Å²) in [5.74, 6) is 0.985. The number of benzene rings is 1. The molecule has 2 heteroatoms. The summed E-state index contributed by atoms with van der Waals surface area (Å²) >= 11 is 0. The van der Waals surface area contributed by atoms with Crippen LogP contribution in [-0.2, 0) is 6.42 Å². The largest absolute Gasteiger partial charge is 0.496 e. The van der Waals surface area contributed by atoms with Gasteiger partial charge in [0.05, 0.1) is 7.11 Å². The summed E-state index contributed by atoms with van der Waals surface area (Å²) in [6.07, 6.45) is 5.74. The maximum Gasteiger partial charge on any atom is 0.122 e. The molecule has 18 heavy (non-hydrogen) atoms. The Morgan fingerprint density at radius 1 is 1.17 bits per heavy atom. The fourth-order valence-corrected chi connectivity index (χ4v) is 2.41. The van der Waals surface area contributed by atoms with Crippen LogP contribution in [0, 0.1) is 13.8 Å². The van der Waals surface area contributed by atoms with Crippen molar-refractivity contribution in [1.82, 2.24) is 0 Å². The van der Waals surface area contributed by atoms with Gasteiger partial charge in [0.15, 0.2) is 0 Å². The second-order valence-electron chi connectivity index (χ2n) is 5.19. The first kappa shape index (κ1) is 15.0. The van der Waals surface area contributed by atoms with Crippen molar-refractivity contribution in [2.75, 3.05) is 7.11 Å². The van der Waals surface area contributed by atoms with E-state index in [1.54, 1.807) is 7.11 Å². The van der Waals surface area contributed by atoms with Gasteiger partial charge in [0, 0.05) is 6.04 Å². The van der Waals surface area contributed by atoms with Crippen molar-refractivity contribution >= 4 is 0 Å². The lowest BCUT2D eigenvalue weighted by atomic mass is 9.97. The number of nitrogens with two attached hydrogens (primary N) is 1. The number of hydrogen-bond donors (Lipinski definition) is 1. The molecule has 2 N–H and O–H groups in total. The Labute approximate surface area is 112 Å². The zero-order valence-electron chi connectivity index (χ0n) is 12.3. The van der Waals surface area contributed by atoms with Crippen molar-refractivity contribution in [2.24, 2.45) is 5.73 Å². The van der Waals surface area contributed by atoms with E-state index in [4.69, 9.17) is 10.5 Å². The topological polar surface area (TPSA) is 35.2 Å². The summed E-state index contributed by atoms with van der Waals surface area (Å²) in [4.78, 5) is 0. The van der Waals surface area contributed by atoms with Crippen LogP contribution < -0.4 is 10.5 Å². The van der Waals surface area contributed by atoms with Crippen LogP contribution in [0.25, 0.3) is 0 Å². The molecule has 1 atom stereocenters. The molecule has 1 aromatic rings. The average molecular weight is 249 g/mol. The molecule has 0 saturated carbocycles. The van der Waals surface area contributed by atoms with Gasteiger partial charge in [0.1, 0.15) is 5.75 Å². The minimum absolute atomic E-state index is 0.370. The second kappa shape index (κ2) is 7.42. The van der Waals surface area contributed by atoms with Crippen LogP contribution in [0.2, 0.25) is 0 Å². The zero-order valence-corrected chi connectivity index (χ0v) is 12.3. The molecule has 0 heterocycles. The smallest absolute Gasteiger partial charge is 0.122 e. The van der Waals surface area contributed by atoms with Crippen LogP contribution in [0.15, 0.2) is 12.1 Å². The fourth-order valence-electron chi connectivity index (χ4n) is 2.41. The van der Waals surface area contributed by atoms with Gasteiger partial charge in [-0.3, -0.25) is 0 Å². The third-order valence-corrected chi connectivity index (χ3v) is 3.53. The van der Waals surface area contributed by atoms with E-state index in [2.05, 4.69) is 32.9 Å². The van der Waals surface area contributed by atoms with Crippen molar-refractivity contribution in [2.45, 2.75) is 58.9 Å². The van der Waals surface area contributed by atoms with Crippen LogP contribution in [0.5, 0.6) is 5.75 Å². The van der Waals surface area contributed by atoms with E-state index < -0.39 is 0 Å². The van der Waals surface area contributed by atoms with Gasteiger partial charge in [-0.25, -0.2) is 0 Å². The van der Waals surface area contributed by atoms with Crippen molar-refractivity contribution in [3.8, 4) is 5.75 Å². The maximum atomic E-state index is 6.04. The van der Waals surface area contributed by atoms with Crippen LogP contribution in [0.4, 0.5) is 0 Å². The molecular weight excluding hydrogens is 222 g/mol. The van der Waals surface area contributed by atoms with Crippen LogP contribution in [-0.4, -0.2) is 13.2 Å². The van der Waals surface area contributed by atoms with Crippen molar-refractivity contribution in [3.05, 3.63) is 28.8 Å². The Balaban J connectivity index is 2.55. The molecule has 0 aromatic heterocycles. The maximum absolute atomic E-state index is 6.04. The lowest BCUT2D eigenvalue weighted by Crippen LogP contribution is -2.19. The number of rotatable bonds is 7. The van der Waals surface area contributed by atoms with E-state index in [1.807, 2.05) is 0 Å². The second-order valence-corrected chi connectivity index (χ2v) is 5.19. The van der Waals surface area contributed by atoms with Crippen LogP contribution in [0.1, 0.15) is 49.3 Å². The monoisotopic (exact) mass is 249 g/mol. The van der Waals surface area contributed by atoms with Gasteiger partial charge < -0.3 is 10.5 Å². The Hall–Kier alpha value is -1.02. The quantitative estimate of drug-likeness (QED) is 0.798. The van der Waals surface area contributed by atoms with E-state index in [1.165, 1.54) is 29.5 Å². The van der Waals surface area contributed by atoms with Crippen LogP contribution >= 0.6 is 0 Å². The predicted molar refractivity (Wildman–Crippen MR) is 78.3 cm³/mol. The molecule has 0 fully saturated rings. The number of aryl methyl sites for hydroxylation is 3. The lowest BCUT2D eigenvalue weighted by Gasteiger charge is -2.13. The summed E-state index contributed by atoms with van der Waals surface area (Å²) in [6, 6.07) is 4.76. The molecular formula is C16H27NO. The average Bonchev–Trinajstić information content (AvgIpc) is 2.33. The molecule has 0 aliphatic rings. The van der Waals surface area contributed by atoms with E-state index in [-0.39, 0.29) is 0 Å². The molecule has 0 saturated heterocycles. The van der Waals surface area contributed by atoms with Gasteiger partial charge in [-0.15, -0.1) is 0 Å². The Morgan fingerprint density at radius 3 is 2.50 bits per heavy atom. The van der Waals surface area contributed by atoms with Gasteiger partial charge in [-0.2, -0.15) is 0 Å². The number of ether oxygens (including phenoxy) is 1. The first-order chi connectivity index (χ1) is 8.58. The third kappa shape index (κ3) is 4.34. The van der Waals surface area contributed by atoms with E-state index in [0.29, 0.717) is 6.04 Å². The predicted octanol–water partition coefficient (Wildman–Crippen LogP) is 3.76. The molecule has 1 aromatic carbocycles. The summed E-state index contributed by atoms with van der Waals surface area (Å²) in [5.41, 5.74) is 10.0. The third-order valence-electron chi connectivity index (χ3n) is 3.53. The normalized spacial score (nSPS) is 12.5. The molecule has 0 amide bonds. The molecule has 1 unspecified atom stereocenters. The summed E-state index contributed by atoms with van der Waals surface area (Å²) < 4.78 is 5.34. The van der Waals surface area contributed by atoms with Crippen molar-refractivity contribution in [3.63, 3.8) is 0 Å². The Morgan fingerprint density at radius 2 is 1.89 bits per heavy atom. The van der Waals surface area contributed by atoms with Gasteiger partial charge in [0.25, 0.3) is 0 Å². The number of hydrogen-bond acceptors (Lipinski definition) is 2. The molecule has 1 rings (SSSR count). The van der Waals surface area contributed by atoms with Gasteiger partial charge in [-0.05, 0) is 62.3 Å². The summed E-state index contributed by atoms with van der Waals surface area (Å²) in [7, 11) is 1.73. The molecule has 0 radical (unpaired) electrons. The standard InChI is InChI=1S/C16H27NO/c1-5-7-15(17)9-6-8-14-10-13(3)16(18-4)11-12(14)2/h10-11,15H,5-9,17H2,1-4H3. The highest BCUT2D eigenvalue weighted by Crippen LogP contribution is 2.23. The van der Waals surface area contributed by atoms with Gasteiger partial charge in [0.2, 0.25) is 0 Å². The fraction of sp³-hybridized carbons (Fsp3) is 0.625.